The lowest BCUT2D eigenvalue weighted by atomic mass is 9.75. The highest BCUT2D eigenvalue weighted by atomic mass is 33.1. The number of phenolic OH excluding ortho intramolecular Hbond substituents is 1. The van der Waals surface area contributed by atoms with Gasteiger partial charge in [-0.15, -0.1) is 0 Å². The van der Waals surface area contributed by atoms with E-state index in [1.165, 1.54) is 50.9 Å². The molecule has 7 rings (SSSR count). The van der Waals surface area contributed by atoms with Crippen LogP contribution >= 0.6 is 21.6 Å². The van der Waals surface area contributed by atoms with Gasteiger partial charge >= 0.3 is 0 Å². The number of ketones is 2. The van der Waals surface area contributed by atoms with E-state index in [4.69, 9.17) is 10.5 Å². The van der Waals surface area contributed by atoms with E-state index in [-0.39, 0.29) is 40.7 Å². The van der Waals surface area contributed by atoms with Gasteiger partial charge in [0.15, 0.2) is 17.3 Å². The second-order valence-corrected chi connectivity index (χ2v) is 17.2. The number of imidazole rings is 1. The Kier molecular flexibility index (Phi) is 9.92. The lowest BCUT2D eigenvalue weighted by Gasteiger charge is -2.47. The van der Waals surface area contributed by atoms with Crippen molar-refractivity contribution < 1.29 is 19.4 Å². The molecule has 0 radical (unpaired) electrons. The summed E-state index contributed by atoms with van der Waals surface area (Å²) >= 11 is 0. The molecule has 260 valence electrons. The monoisotopic (exact) mass is 700 g/mol. The molecular weight excluding hydrogens is 653 g/mol. The van der Waals surface area contributed by atoms with Gasteiger partial charge in [0.25, 0.3) is 0 Å². The molecule has 10 heteroatoms. The standard InChI is InChI=1S/C39H48N4O4S2/c1-3-25-6-10-31(44)18-32(45)11-7-27-17-35(47-2)34(46)16-28(27)14-26-15-33(37(40)42-20-26)36(49-48-22-25)39-23-38(12-4-5-13-38)19-29(39)8-9-30-21-41-24-43(30)39/h7-9,11,15-17,20-21,24-25,29,36-37,42,46H,3-6,10,12-14,18-19,22-23,40H2,1-2H3. The first kappa shape index (κ1) is 34.2. The SMILES string of the molecule is CCC1CCC(=O)CC(=O)C=Cc2cc(OC)c(O)cc2CC2=CNC(N)C(=C2)C(C23CC4(CCCC4)CC2C=Cc2cncn23)SSC1. The predicted molar refractivity (Wildman–Crippen MR) is 199 cm³/mol. The summed E-state index contributed by atoms with van der Waals surface area (Å²) in [4.78, 5) is 30.5. The van der Waals surface area contributed by atoms with E-state index >= 15 is 0 Å². The van der Waals surface area contributed by atoms with Crippen molar-refractivity contribution in [2.45, 2.75) is 94.5 Å². The molecular formula is C39H48N4O4S2. The molecule has 5 aliphatic rings. The molecule has 8 nitrogen and oxygen atoms in total. The van der Waals surface area contributed by atoms with Crippen LogP contribution in [0.3, 0.4) is 0 Å². The minimum atomic E-state index is -0.360. The van der Waals surface area contributed by atoms with E-state index in [9.17, 15) is 14.7 Å². The number of hydrogen-bond donors (Lipinski definition) is 3. The molecule has 3 aliphatic heterocycles. The Hall–Kier alpha value is -3.21. The number of methoxy groups -OCH3 is 1. The first-order chi connectivity index (χ1) is 23.7. The normalized spacial score (nSPS) is 30.0. The fourth-order valence-corrected chi connectivity index (χ4v) is 12.8. The van der Waals surface area contributed by atoms with Crippen LogP contribution in [0.25, 0.3) is 12.2 Å². The smallest absolute Gasteiger partial charge is 0.163 e. The molecule has 2 bridgehead atoms. The Labute approximate surface area is 297 Å². The zero-order valence-corrected chi connectivity index (χ0v) is 30.2. The molecule has 1 spiro atoms. The van der Waals surface area contributed by atoms with Crippen LogP contribution in [-0.2, 0) is 21.5 Å². The Balaban J connectivity index is 1.34. The van der Waals surface area contributed by atoms with Gasteiger partial charge in [0.1, 0.15) is 5.78 Å². The number of nitrogens with zero attached hydrogens (tertiary/aromatic N) is 2. The van der Waals surface area contributed by atoms with Crippen LogP contribution in [0.15, 0.2) is 60.2 Å². The number of aromatic hydroxyl groups is 1. The van der Waals surface area contributed by atoms with Gasteiger partial charge in [-0.2, -0.15) is 0 Å². The Bertz CT molecular complexity index is 1720. The molecule has 0 saturated heterocycles. The average molecular weight is 701 g/mol. The summed E-state index contributed by atoms with van der Waals surface area (Å²) < 4.78 is 7.91. The summed E-state index contributed by atoms with van der Waals surface area (Å²) in [6.07, 6.45) is 25.9. The fraction of sp³-hybridized carbons (Fsp3) is 0.513. The molecule has 4 heterocycles. The summed E-state index contributed by atoms with van der Waals surface area (Å²) in [5.74, 6) is 1.77. The van der Waals surface area contributed by atoms with Crippen LogP contribution in [0, 0.1) is 17.3 Å². The molecule has 2 saturated carbocycles. The number of fused-ring (bicyclic) bond motifs is 5. The van der Waals surface area contributed by atoms with Crippen molar-refractivity contribution >= 4 is 45.3 Å². The van der Waals surface area contributed by atoms with Gasteiger partial charge < -0.3 is 25.5 Å². The number of allylic oxidation sites excluding steroid dienone is 4. The van der Waals surface area contributed by atoms with E-state index in [1.54, 1.807) is 18.2 Å². The maximum absolute atomic E-state index is 12.9. The van der Waals surface area contributed by atoms with Gasteiger partial charge in [0, 0.05) is 24.3 Å². The van der Waals surface area contributed by atoms with E-state index in [1.807, 2.05) is 34.0 Å². The second-order valence-electron chi connectivity index (χ2n) is 14.7. The summed E-state index contributed by atoms with van der Waals surface area (Å²) in [5.41, 5.74) is 12.1. The molecule has 0 amide bonds. The Morgan fingerprint density at radius 1 is 1.16 bits per heavy atom. The third kappa shape index (κ3) is 6.68. The molecule has 5 unspecified atom stereocenters. The molecule has 1 aromatic heterocycles. The number of nitrogens with two attached hydrogens (primary N) is 1. The number of Topliss-reactive ketones (excluding diaryl/α,β-unsaturated/α-hetero) is 1. The number of hydrogen-bond acceptors (Lipinski definition) is 9. The van der Waals surface area contributed by atoms with Crippen LogP contribution in [0.2, 0.25) is 0 Å². The van der Waals surface area contributed by atoms with Crippen LogP contribution in [0.1, 0.15) is 88.0 Å². The van der Waals surface area contributed by atoms with E-state index < -0.39 is 0 Å². The zero-order chi connectivity index (χ0) is 34.2. The maximum Gasteiger partial charge on any atom is 0.163 e. The molecule has 2 aromatic rings. The largest absolute Gasteiger partial charge is 0.504 e. The molecule has 5 atom stereocenters. The lowest BCUT2D eigenvalue weighted by molar-refractivity contribution is -0.124. The lowest BCUT2D eigenvalue weighted by Crippen LogP contribution is -2.53. The Morgan fingerprint density at radius 2 is 2.00 bits per heavy atom. The van der Waals surface area contributed by atoms with Crippen molar-refractivity contribution in [2.24, 2.45) is 23.0 Å². The third-order valence-corrected chi connectivity index (χ3v) is 14.7. The van der Waals surface area contributed by atoms with Gasteiger partial charge in [-0.05, 0) is 96.4 Å². The number of dihydropyridines is 1. The van der Waals surface area contributed by atoms with Gasteiger partial charge in [-0.25, -0.2) is 4.98 Å². The van der Waals surface area contributed by atoms with E-state index in [0.717, 1.165) is 47.4 Å². The first-order valence-corrected chi connectivity index (χ1v) is 20.2. The number of carbonyl (C=O) groups is 2. The average Bonchev–Trinajstić information content (AvgIpc) is 3.83. The van der Waals surface area contributed by atoms with Crippen molar-refractivity contribution in [2.75, 3.05) is 12.9 Å². The number of nitrogens with one attached hydrogen (secondary N) is 1. The number of ether oxygens (including phenoxy) is 1. The number of carbonyl (C=O) groups excluding carboxylic acids is 2. The highest BCUT2D eigenvalue weighted by molar-refractivity contribution is 8.77. The summed E-state index contributed by atoms with van der Waals surface area (Å²) in [6, 6.07) is 3.46. The third-order valence-electron chi connectivity index (χ3n) is 11.7. The summed E-state index contributed by atoms with van der Waals surface area (Å²) in [7, 11) is 5.36. The summed E-state index contributed by atoms with van der Waals surface area (Å²) in [5, 5.41) is 14.4. The van der Waals surface area contributed by atoms with Crippen molar-refractivity contribution in [3.8, 4) is 11.5 Å². The topological polar surface area (TPSA) is 119 Å². The van der Waals surface area contributed by atoms with E-state index in [0.29, 0.717) is 35.8 Å². The molecule has 4 N–H and O–H groups in total. The van der Waals surface area contributed by atoms with E-state index in [2.05, 4.69) is 46.3 Å². The zero-order valence-electron chi connectivity index (χ0n) is 28.5. The summed E-state index contributed by atoms with van der Waals surface area (Å²) in [6.45, 7) is 2.20. The number of phenols is 1. The van der Waals surface area contributed by atoms with Crippen LogP contribution in [0.4, 0.5) is 0 Å². The Morgan fingerprint density at radius 3 is 2.80 bits per heavy atom. The predicted octanol–water partition coefficient (Wildman–Crippen LogP) is 7.34. The van der Waals surface area contributed by atoms with Gasteiger partial charge in [0.05, 0.1) is 48.7 Å². The van der Waals surface area contributed by atoms with Crippen molar-refractivity contribution in [1.82, 2.24) is 14.9 Å². The van der Waals surface area contributed by atoms with Gasteiger partial charge in [-0.3, -0.25) is 9.59 Å². The quantitative estimate of drug-likeness (QED) is 0.223. The van der Waals surface area contributed by atoms with Crippen molar-refractivity contribution in [1.29, 1.82) is 0 Å². The van der Waals surface area contributed by atoms with Crippen LogP contribution in [0.5, 0.6) is 11.5 Å². The van der Waals surface area contributed by atoms with Gasteiger partial charge in [-0.1, -0.05) is 66.0 Å². The highest BCUT2D eigenvalue weighted by Gasteiger charge is 2.61. The molecule has 2 fully saturated rings. The molecule has 1 aromatic carbocycles. The minimum absolute atomic E-state index is 0.0219. The van der Waals surface area contributed by atoms with Crippen LogP contribution < -0.4 is 15.8 Å². The molecule has 49 heavy (non-hydrogen) atoms. The number of benzene rings is 1. The van der Waals surface area contributed by atoms with Crippen LogP contribution in [-0.4, -0.2) is 50.5 Å². The van der Waals surface area contributed by atoms with Gasteiger partial charge in [0.2, 0.25) is 0 Å². The number of rotatable bonds is 3. The first-order valence-electron chi connectivity index (χ1n) is 17.8. The fourth-order valence-electron chi connectivity index (χ4n) is 9.08. The van der Waals surface area contributed by atoms with Crippen molar-refractivity contribution in [3.63, 3.8) is 0 Å². The maximum atomic E-state index is 12.9. The highest BCUT2D eigenvalue weighted by Crippen LogP contribution is 2.65. The minimum Gasteiger partial charge on any atom is -0.504 e. The molecule has 2 aliphatic carbocycles. The van der Waals surface area contributed by atoms with Crippen molar-refractivity contribution in [3.05, 3.63) is 77.1 Å². The number of aromatic nitrogens is 2. The second kappa shape index (κ2) is 14.2.